The largest absolute Gasteiger partial charge is 0.506 e. The molecule has 2 aromatic rings. The fraction of sp³-hybridized carbons (Fsp3) is 0.250. The number of halogens is 1. The predicted octanol–water partition coefficient (Wildman–Crippen LogP) is 3.23. The van der Waals surface area contributed by atoms with Gasteiger partial charge in [-0.1, -0.05) is 29.8 Å². The number of anilines is 2. The maximum Gasteiger partial charge on any atom is 0.407 e. The van der Waals surface area contributed by atoms with Gasteiger partial charge in [-0.3, -0.25) is 4.79 Å². The number of nitrogens with zero attached hydrogens (tertiary/aromatic N) is 2. The summed E-state index contributed by atoms with van der Waals surface area (Å²) >= 11 is 6.10. The van der Waals surface area contributed by atoms with Crippen molar-refractivity contribution >= 4 is 40.5 Å². The molecular weight excluding hydrogens is 444 g/mol. The summed E-state index contributed by atoms with van der Waals surface area (Å²) in [7, 11) is 0. The Morgan fingerprint density at radius 2 is 1.85 bits per heavy atom. The van der Waals surface area contributed by atoms with Crippen molar-refractivity contribution in [3.63, 3.8) is 0 Å². The van der Waals surface area contributed by atoms with Gasteiger partial charge in [-0.2, -0.15) is 0 Å². The predicted molar refractivity (Wildman–Crippen MR) is 127 cm³/mol. The molecule has 0 radical (unpaired) electrons. The number of nitrogens with one attached hydrogen (secondary N) is 1. The normalized spacial score (nSPS) is 21.5. The number of allylic oxidation sites excluding steroid dienone is 2. The van der Waals surface area contributed by atoms with E-state index in [0.717, 1.165) is 28.1 Å². The molecule has 33 heavy (non-hydrogen) atoms. The Hall–Kier alpha value is -3.65. The third-order valence-electron chi connectivity index (χ3n) is 6.55. The van der Waals surface area contributed by atoms with Gasteiger partial charge < -0.3 is 31.1 Å². The van der Waals surface area contributed by atoms with E-state index in [1.165, 1.54) is 11.0 Å². The molecule has 9 heteroatoms. The van der Waals surface area contributed by atoms with Gasteiger partial charge in [0.05, 0.1) is 11.1 Å². The number of hydrogen-bond donors (Lipinski definition) is 4. The monoisotopic (exact) mass is 466 g/mol. The summed E-state index contributed by atoms with van der Waals surface area (Å²) in [5, 5.41) is 22.6. The fourth-order valence-electron chi connectivity index (χ4n) is 4.80. The molecule has 1 aliphatic carbocycles. The maximum absolute atomic E-state index is 12.3. The number of fused-ring (bicyclic) bond motifs is 3. The SMILES string of the molecule is NC(=O)C1=CC(c2ccc(O)c(Cl)c2)=CC2c3ccc(N4CCN(C(=O)O)CC4)cc3NC12. The molecule has 2 unspecified atom stereocenters. The van der Waals surface area contributed by atoms with Crippen molar-refractivity contribution in [3.8, 4) is 5.75 Å². The van der Waals surface area contributed by atoms with Gasteiger partial charge in [0.15, 0.2) is 0 Å². The quantitative estimate of drug-likeness (QED) is 0.551. The molecule has 2 aromatic carbocycles. The van der Waals surface area contributed by atoms with E-state index in [2.05, 4.69) is 16.3 Å². The van der Waals surface area contributed by atoms with E-state index in [0.29, 0.717) is 31.8 Å². The molecule has 0 aromatic heterocycles. The van der Waals surface area contributed by atoms with Crippen LogP contribution in [0.2, 0.25) is 5.02 Å². The molecule has 170 valence electrons. The maximum atomic E-state index is 12.3. The van der Waals surface area contributed by atoms with E-state index in [1.54, 1.807) is 18.2 Å². The Bertz CT molecular complexity index is 1220. The number of rotatable bonds is 3. The first kappa shape index (κ1) is 21.2. The summed E-state index contributed by atoms with van der Waals surface area (Å²) < 4.78 is 0. The van der Waals surface area contributed by atoms with Crippen molar-refractivity contribution in [1.82, 2.24) is 4.90 Å². The summed E-state index contributed by atoms with van der Waals surface area (Å²) in [6, 6.07) is 10.8. The zero-order valence-electron chi connectivity index (χ0n) is 17.7. The second kappa shape index (κ2) is 8.04. The van der Waals surface area contributed by atoms with Crippen LogP contribution in [0.15, 0.2) is 54.1 Å². The van der Waals surface area contributed by atoms with Crippen molar-refractivity contribution in [2.24, 2.45) is 5.73 Å². The van der Waals surface area contributed by atoms with Crippen LogP contribution in [0.5, 0.6) is 5.75 Å². The van der Waals surface area contributed by atoms with Crippen molar-refractivity contribution in [2.75, 3.05) is 36.4 Å². The second-order valence-electron chi connectivity index (χ2n) is 8.43. The number of piperazine rings is 1. The Morgan fingerprint density at radius 1 is 1.09 bits per heavy atom. The molecule has 2 aliphatic heterocycles. The van der Waals surface area contributed by atoms with Crippen molar-refractivity contribution in [3.05, 3.63) is 70.3 Å². The summed E-state index contributed by atoms with van der Waals surface area (Å²) in [6.45, 7) is 2.16. The highest BCUT2D eigenvalue weighted by Gasteiger charge is 2.38. The lowest BCUT2D eigenvalue weighted by Gasteiger charge is -2.34. The Balaban J connectivity index is 1.46. The highest BCUT2D eigenvalue weighted by atomic mass is 35.5. The number of aromatic hydroxyl groups is 1. The number of benzene rings is 2. The van der Waals surface area contributed by atoms with E-state index in [1.807, 2.05) is 18.2 Å². The molecule has 8 nitrogen and oxygen atoms in total. The van der Waals surface area contributed by atoms with Crippen LogP contribution in [0.25, 0.3) is 5.57 Å². The van der Waals surface area contributed by atoms with Crippen LogP contribution in [0, 0.1) is 0 Å². The van der Waals surface area contributed by atoms with Gasteiger partial charge in [0.1, 0.15) is 5.75 Å². The lowest BCUT2D eigenvalue weighted by Crippen LogP contribution is -2.48. The molecule has 1 fully saturated rings. The number of primary amides is 1. The van der Waals surface area contributed by atoms with Crippen molar-refractivity contribution in [2.45, 2.75) is 12.0 Å². The minimum atomic E-state index is -0.891. The molecule has 5 N–H and O–H groups in total. The van der Waals surface area contributed by atoms with E-state index >= 15 is 0 Å². The Labute approximate surface area is 195 Å². The highest BCUT2D eigenvalue weighted by molar-refractivity contribution is 6.32. The number of carbonyl (C=O) groups is 2. The number of carboxylic acid groups (broad SMARTS) is 1. The molecule has 1 saturated heterocycles. The van der Waals surface area contributed by atoms with E-state index in [9.17, 15) is 19.8 Å². The molecule has 0 bridgehead atoms. The van der Waals surface area contributed by atoms with E-state index in [-0.39, 0.29) is 22.7 Å². The average Bonchev–Trinajstić information content (AvgIpc) is 3.18. The summed E-state index contributed by atoms with van der Waals surface area (Å²) in [6.07, 6.45) is 2.97. The number of phenolic OH excluding ortho intramolecular Hbond substituents is 1. The molecule has 0 spiro atoms. The molecule has 0 saturated carbocycles. The molecule has 3 aliphatic rings. The lowest BCUT2D eigenvalue weighted by molar-refractivity contribution is -0.114. The van der Waals surface area contributed by atoms with Gasteiger partial charge in [-0.05, 0) is 47.0 Å². The van der Waals surface area contributed by atoms with Crippen LogP contribution in [0.4, 0.5) is 16.2 Å². The van der Waals surface area contributed by atoms with E-state index < -0.39 is 12.0 Å². The van der Waals surface area contributed by atoms with Crippen LogP contribution >= 0.6 is 11.6 Å². The molecular formula is C24H23ClN4O4. The third kappa shape index (κ3) is 3.76. The molecule has 5 rings (SSSR count). The molecule has 2 heterocycles. The number of carbonyl (C=O) groups excluding carboxylic acids is 1. The number of hydrogen-bond acceptors (Lipinski definition) is 5. The number of nitrogens with two attached hydrogens (primary N) is 1. The van der Waals surface area contributed by atoms with Crippen LogP contribution in [0.1, 0.15) is 17.0 Å². The van der Waals surface area contributed by atoms with Crippen molar-refractivity contribution in [1.29, 1.82) is 0 Å². The highest BCUT2D eigenvalue weighted by Crippen LogP contribution is 2.46. The smallest absolute Gasteiger partial charge is 0.407 e. The van der Waals surface area contributed by atoms with Crippen LogP contribution < -0.4 is 16.0 Å². The lowest BCUT2D eigenvalue weighted by atomic mass is 9.82. The van der Waals surface area contributed by atoms with Gasteiger partial charge in [0.25, 0.3) is 0 Å². The first-order valence-electron chi connectivity index (χ1n) is 10.7. The minimum Gasteiger partial charge on any atom is -0.506 e. The zero-order chi connectivity index (χ0) is 23.3. The number of phenols is 1. The Kier molecular flexibility index (Phi) is 5.17. The standard InChI is InChI=1S/C24H23ClN4O4/c25-19-11-13(1-4-21(19)30)14-9-17-16-3-2-15(28-5-7-29(8-6-28)24(32)33)12-20(16)27-22(17)18(10-14)23(26)31/h1-4,9-12,17,22,27,30H,5-8H2,(H2,26,31)(H,32,33). The van der Waals surface area contributed by atoms with Crippen LogP contribution in [-0.2, 0) is 4.79 Å². The van der Waals surface area contributed by atoms with Crippen LogP contribution in [0.3, 0.4) is 0 Å². The van der Waals surface area contributed by atoms with Gasteiger partial charge in [0, 0.05) is 49.0 Å². The van der Waals surface area contributed by atoms with Gasteiger partial charge in [-0.25, -0.2) is 4.79 Å². The number of amides is 2. The third-order valence-corrected chi connectivity index (χ3v) is 6.85. The van der Waals surface area contributed by atoms with Crippen molar-refractivity contribution < 1.29 is 19.8 Å². The first-order valence-corrected chi connectivity index (χ1v) is 11.0. The summed E-state index contributed by atoms with van der Waals surface area (Å²) in [5.41, 5.74) is 10.8. The summed E-state index contributed by atoms with van der Waals surface area (Å²) in [4.78, 5) is 27.1. The van der Waals surface area contributed by atoms with Crippen LogP contribution in [-0.4, -0.2) is 59.3 Å². The molecule has 2 amide bonds. The fourth-order valence-corrected chi connectivity index (χ4v) is 4.98. The van der Waals surface area contributed by atoms with E-state index in [4.69, 9.17) is 17.3 Å². The van der Waals surface area contributed by atoms with Gasteiger partial charge >= 0.3 is 6.09 Å². The van der Waals surface area contributed by atoms with Gasteiger partial charge in [0.2, 0.25) is 5.91 Å². The molecule has 2 atom stereocenters. The zero-order valence-corrected chi connectivity index (χ0v) is 18.4. The topological polar surface area (TPSA) is 119 Å². The second-order valence-corrected chi connectivity index (χ2v) is 8.84. The first-order chi connectivity index (χ1) is 15.8. The minimum absolute atomic E-state index is 0.00148. The average molecular weight is 467 g/mol. The Morgan fingerprint density at radius 3 is 2.52 bits per heavy atom. The summed E-state index contributed by atoms with van der Waals surface area (Å²) in [5.74, 6) is -0.586. The van der Waals surface area contributed by atoms with Gasteiger partial charge in [-0.15, -0.1) is 0 Å².